The lowest BCUT2D eigenvalue weighted by Crippen LogP contribution is -2.27. The Labute approximate surface area is 65.5 Å². The molecule has 0 saturated carbocycles. The maximum atomic E-state index is 11.1. The van der Waals surface area contributed by atoms with Crippen LogP contribution in [0.3, 0.4) is 0 Å². The van der Waals surface area contributed by atoms with Gasteiger partial charge in [0.2, 0.25) is 0 Å². The van der Waals surface area contributed by atoms with Crippen LogP contribution in [0.5, 0.6) is 0 Å². The van der Waals surface area contributed by atoms with Gasteiger partial charge in [-0.1, -0.05) is 0 Å². The van der Waals surface area contributed by atoms with Gasteiger partial charge in [0, 0.05) is 0 Å². The van der Waals surface area contributed by atoms with E-state index < -0.39 is 21.1 Å². The average Bonchev–Trinajstić information content (AvgIpc) is 2.28. The molecule has 1 unspecified atom stereocenters. The Balaban J connectivity index is 2.82. The number of methoxy groups -OCH3 is 1. The molecule has 1 atom stereocenters. The van der Waals surface area contributed by atoms with E-state index in [9.17, 15) is 13.2 Å². The molecule has 0 N–H and O–H groups in total. The zero-order valence-electron chi connectivity index (χ0n) is 6.24. The van der Waals surface area contributed by atoms with E-state index in [2.05, 4.69) is 4.74 Å². The molecule has 5 heteroatoms. The van der Waals surface area contributed by atoms with Crippen molar-refractivity contribution < 1.29 is 17.9 Å². The van der Waals surface area contributed by atoms with E-state index in [0.29, 0.717) is 12.8 Å². The fourth-order valence-corrected chi connectivity index (χ4v) is 2.96. The van der Waals surface area contributed by atoms with Crippen molar-refractivity contribution in [3.63, 3.8) is 0 Å². The van der Waals surface area contributed by atoms with E-state index >= 15 is 0 Å². The summed E-state index contributed by atoms with van der Waals surface area (Å²) in [6, 6.07) is 0. The topological polar surface area (TPSA) is 60.4 Å². The highest BCUT2D eigenvalue weighted by Crippen LogP contribution is 2.20. The van der Waals surface area contributed by atoms with Crippen molar-refractivity contribution in [3.8, 4) is 0 Å². The summed E-state index contributed by atoms with van der Waals surface area (Å²) in [5.41, 5.74) is 0. The van der Waals surface area contributed by atoms with Crippen LogP contribution in [0.1, 0.15) is 12.8 Å². The largest absolute Gasteiger partial charge is 0.468 e. The first-order chi connectivity index (χ1) is 5.08. The molecule has 0 radical (unpaired) electrons. The third kappa shape index (κ3) is 1.53. The number of hydrogen-bond donors (Lipinski definition) is 0. The van der Waals surface area contributed by atoms with Crippen molar-refractivity contribution in [3.05, 3.63) is 0 Å². The molecule has 1 heterocycles. The number of carbonyl (C=O) groups is 1. The average molecular weight is 178 g/mol. The maximum Gasteiger partial charge on any atom is 0.324 e. The molecule has 0 aliphatic carbocycles. The Bertz CT molecular complexity index is 254. The van der Waals surface area contributed by atoms with Crippen molar-refractivity contribution in [2.24, 2.45) is 0 Å². The Kier molecular flexibility index (Phi) is 2.17. The molecule has 0 amide bonds. The third-order valence-corrected chi connectivity index (χ3v) is 3.95. The Morgan fingerprint density at radius 3 is 2.55 bits per heavy atom. The summed E-state index contributed by atoms with van der Waals surface area (Å²) in [6.45, 7) is 0. The summed E-state index contributed by atoms with van der Waals surface area (Å²) in [6.07, 6.45) is 0.983. The molecule has 1 aliphatic rings. The summed E-state index contributed by atoms with van der Waals surface area (Å²) in [5, 5.41) is -0.896. The van der Waals surface area contributed by atoms with E-state index in [4.69, 9.17) is 0 Å². The van der Waals surface area contributed by atoms with Crippen LogP contribution in [0.15, 0.2) is 0 Å². The zero-order valence-corrected chi connectivity index (χ0v) is 7.06. The highest BCUT2D eigenvalue weighted by atomic mass is 32.2. The molecule has 0 aromatic carbocycles. The molecular weight excluding hydrogens is 168 g/mol. The van der Waals surface area contributed by atoms with Crippen molar-refractivity contribution in [2.75, 3.05) is 12.9 Å². The standard InChI is InChI=1S/C6H10O4S/c1-10-6(7)5-3-2-4-11(5,8)9/h5H,2-4H2,1H3. The molecule has 4 nitrogen and oxygen atoms in total. The fourth-order valence-electron chi connectivity index (χ4n) is 1.19. The van der Waals surface area contributed by atoms with E-state index in [0.717, 1.165) is 0 Å². The summed E-state index contributed by atoms with van der Waals surface area (Å²) in [5.74, 6) is -0.505. The Hall–Kier alpha value is -0.580. The first kappa shape index (κ1) is 8.52. The summed E-state index contributed by atoms with van der Waals surface area (Å²) >= 11 is 0. The molecule has 0 aromatic rings. The first-order valence-corrected chi connectivity index (χ1v) is 5.09. The SMILES string of the molecule is COC(=O)C1CCCS1(=O)=O. The van der Waals surface area contributed by atoms with Gasteiger partial charge in [-0.3, -0.25) is 4.79 Å². The van der Waals surface area contributed by atoms with Crippen LogP contribution in [-0.4, -0.2) is 32.5 Å². The molecule has 1 rings (SSSR count). The fraction of sp³-hybridized carbons (Fsp3) is 0.833. The van der Waals surface area contributed by atoms with E-state index in [-0.39, 0.29) is 5.75 Å². The van der Waals surface area contributed by atoms with E-state index in [1.54, 1.807) is 0 Å². The lowest BCUT2D eigenvalue weighted by molar-refractivity contribution is -0.140. The van der Waals surface area contributed by atoms with Gasteiger partial charge in [-0.2, -0.15) is 0 Å². The second-order valence-electron chi connectivity index (χ2n) is 2.52. The van der Waals surface area contributed by atoms with Crippen LogP contribution in [0.4, 0.5) is 0 Å². The molecular formula is C6H10O4S. The summed E-state index contributed by atoms with van der Waals surface area (Å²) in [4.78, 5) is 10.8. The summed E-state index contributed by atoms with van der Waals surface area (Å²) < 4.78 is 26.5. The van der Waals surface area contributed by atoms with Crippen molar-refractivity contribution in [1.82, 2.24) is 0 Å². The monoisotopic (exact) mass is 178 g/mol. The number of hydrogen-bond acceptors (Lipinski definition) is 4. The Morgan fingerprint density at radius 2 is 2.18 bits per heavy atom. The van der Waals surface area contributed by atoms with E-state index in [1.807, 2.05) is 0 Å². The normalized spacial score (nSPS) is 28.3. The predicted octanol–water partition coefficient (Wildman–Crippen LogP) is -0.263. The van der Waals surface area contributed by atoms with Crippen LogP contribution in [0.2, 0.25) is 0 Å². The van der Waals surface area contributed by atoms with Gasteiger partial charge in [-0.05, 0) is 12.8 Å². The number of ether oxygens (including phenoxy) is 1. The van der Waals surface area contributed by atoms with Crippen LogP contribution in [0.25, 0.3) is 0 Å². The molecule has 1 aliphatic heterocycles. The lowest BCUT2D eigenvalue weighted by Gasteiger charge is -2.04. The van der Waals surface area contributed by atoms with Gasteiger partial charge in [0.25, 0.3) is 0 Å². The molecule has 0 bridgehead atoms. The van der Waals surface area contributed by atoms with Gasteiger partial charge >= 0.3 is 5.97 Å². The van der Waals surface area contributed by atoms with Gasteiger partial charge in [0.05, 0.1) is 12.9 Å². The smallest absolute Gasteiger partial charge is 0.324 e. The van der Waals surface area contributed by atoms with Crippen LogP contribution < -0.4 is 0 Å². The second kappa shape index (κ2) is 2.81. The molecule has 64 valence electrons. The van der Waals surface area contributed by atoms with Crippen molar-refractivity contribution in [1.29, 1.82) is 0 Å². The second-order valence-corrected chi connectivity index (χ2v) is 4.82. The molecule has 1 saturated heterocycles. The summed E-state index contributed by atoms with van der Waals surface area (Å²) in [7, 11) is -1.97. The van der Waals surface area contributed by atoms with Crippen LogP contribution in [-0.2, 0) is 19.4 Å². The molecule has 0 aromatic heterocycles. The van der Waals surface area contributed by atoms with E-state index in [1.165, 1.54) is 7.11 Å². The van der Waals surface area contributed by atoms with Crippen LogP contribution in [0, 0.1) is 0 Å². The zero-order chi connectivity index (χ0) is 8.48. The lowest BCUT2D eigenvalue weighted by atomic mass is 10.2. The number of rotatable bonds is 1. The minimum atomic E-state index is -3.17. The van der Waals surface area contributed by atoms with Gasteiger partial charge < -0.3 is 4.74 Å². The van der Waals surface area contributed by atoms with Crippen molar-refractivity contribution in [2.45, 2.75) is 18.1 Å². The van der Waals surface area contributed by atoms with Gasteiger partial charge in [-0.25, -0.2) is 8.42 Å². The van der Waals surface area contributed by atoms with Gasteiger partial charge in [0.15, 0.2) is 15.1 Å². The molecule has 11 heavy (non-hydrogen) atoms. The number of sulfone groups is 1. The Morgan fingerprint density at radius 1 is 1.55 bits per heavy atom. The first-order valence-electron chi connectivity index (χ1n) is 3.37. The highest BCUT2D eigenvalue weighted by Gasteiger charge is 2.37. The van der Waals surface area contributed by atoms with Crippen molar-refractivity contribution >= 4 is 15.8 Å². The predicted molar refractivity (Wildman–Crippen MR) is 38.8 cm³/mol. The number of carbonyl (C=O) groups excluding carboxylic acids is 1. The van der Waals surface area contributed by atoms with Crippen LogP contribution >= 0.6 is 0 Å². The van der Waals surface area contributed by atoms with Gasteiger partial charge in [0.1, 0.15) is 0 Å². The quantitative estimate of drug-likeness (QED) is 0.519. The molecule has 1 fully saturated rings. The minimum absolute atomic E-state index is 0.118. The highest BCUT2D eigenvalue weighted by molar-refractivity contribution is 7.93. The number of esters is 1. The third-order valence-electron chi connectivity index (χ3n) is 1.79. The maximum absolute atomic E-state index is 11.1. The van der Waals surface area contributed by atoms with Gasteiger partial charge in [-0.15, -0.1) is 0 Å². The minimum Gasteiger partial charge on any atom is -0.468 e. The molecule has 0 spiro atoms.